The zero-order valence-electron chi connectivity index (χ0n) is 14.8. The minimum atomic E-state index is -0.335. The van der Waals surface area contributed by atoms with Crippen molar-refractivity contribution in [1.82, 2.24) is 9.78 Å². The lowest BCUT2D eigenvalue weighted by Gasteiger charge is -2.12. The fourth-order valence-electron chi connectivity index (χ4n) is 3.13. The highest BCUT2D eigenvalue weighted by Crippen LogP contribution is 2.38. The van der Waals surface area contributed by atoms with Gasteiger partial charge in [0.2, 0.25) is 0 Å². The molecule has 1 amide bonds. The number of nitrogens with one attached hydrogen (secondary N) is 1. The number of hydrogen-bond donors (Lipinski definition) is 1. The number of amides is 1. The van der Waals surface area contributed by atoms with Crippen LogP contribution in [-0.4, -0.2) is 28.3 Å². The van der Waals surface area contributed by atoms with Gasteiger partial charge in [0.05, 0.1) is 17.9 Å². The number of carbonyl (C=O) groups excluding carboxylic acids is 2. The van der Waals surface area contributed by atoms with E-state index >= 15 is 0 Å². The van der Waals surface area contributed by atoms with E-state index in [2.05, 4.69) is 10.4 Å². The third kappa shape index (κ3) is 3.61. The van der Waals surface area contributed by atoms with E-state index in [9.17, 15) is 9.59 Å². The van der Waals surface area contributed by atoms with Gasteiger partial charge in [-0.3, -0.25) is 9.48 Å². The van der Waals surface area contributed by atoms with Crippen LogP contribution in [0.4, 0.5) is 5.00 Å². The number of aromatic nitrogens is 2. The smallest absolute Gasteiger partial charge is 0.341 e. The van der Waals surface area contributed by atoms with E-state index in [4.69, 9.17) is 4.74 Å². The molecule has 0 saturated carbocycles. The Hall–Kier alpha value is -2.15. The van der Waals surface area contributed by atoms with Crippen molar-refractivity contribution in [2.75, 3.05) is 11.9 Å². The third-order valence-electron chi connectivity index (χ3n) is 4.27. The summed E-state index contributed by atoms with van der Waals surface area (Å²) >= 11 is 1.50. The highest BCUT2D eigenvalue weighted by Gasteiger charge is 2.28. The molecule has 1 aliphatic carbocycles. The topological polar surface area (TPSA) is 73.2 Å². The van der Waals surface area contributed by atoms with Crippen molar-refractivity contribution in [3.8, 4) is 0 Å². The SMILES string of the molecule is CCCOC(=O)c1c(NC(=O)c2cc(C)nn2C)sc2c1CCCC2. The molecular formula is C18H23N3O3S. The minimum absolute atomic E-state index is 0.258. The number of rotatable bonds is 5. The van der Waals surface area contributed by atoms with E-state index in [1.54, 1.807) is 17.8 Å². The number of esters is 1. The Balaban J connectivity index is 1.92. The Morgan fingerprint density at radius 3 is 2.80 bits per heavy atom. The van der Waals surface area contributed by atoms with Crippen molar-refractivity contribution in [1.29, 1.82) is 0 Å². The summed E-state index contributed by atoms with van der Waals surface area (Å²) in [7, 11) is 1.73. The first-order chi connectivity index (χ1) is 12.0. The van der Waals surface area contributed by atoms with Crippen LogP contribution in [0.1, 0.15) is 63.2 Å². The molecule has 134 valence electrons. The lowest BCUT2D eigenvalue weighted by molar-refractivity contribution is 0.0505. The van der Waals surface area contributed by atoms with E-state index in [1.165, 1.54) is 16.2 Å². The van der Waals surface area contributed by atoms with Gasteiger partial charge < -0.3 is 10.1 Å². The number of aryl methyl sites for hydroxylation is 3. The number of hydrogen-bond acceptors (Lipinski definition) is 5. The molecule has 25 heavy (non-hydrogen) atoms. The molecule has 0 fully saturated rings. The van der Waals surface area contributed by atoms with E-state index < -0.39 is 0 Å². The van der Waals surface area contributed by atoms with Gasteiger partial charge in [0, 0.05) is 11.9 Å². The van der Waals surface area contributed by atoms with E-state index in [1.807, 2.05) is 13.8 Å². The molecule has 2 aromatic rings. The van der Waals surface area contributed by atoms with Crippen LogP contribution < -0.4 is 5.32 Å². The first kappa shape index (κ1) is 17.7. The predicted octanol–water partition coefficient (Wildman–Crippen LogP) is 3.49. The van der Waals surface area contributed by atoms with Crippen molar-refractivity contribution in [3.05, 3.63) is 33.5 Å². The van der Waals surface area contributed by atoms with Crippen LogP contribution in [0, 0.1) is 6.92 Å². The third-order valence-corrected chi connectivity index (χ3v) is 5.48. The standard InChI is InChI=1S/C18H23N3O3S/c1-4-9-24-18(23)15-12-7-5-6-8-14(12)25-17(15)19-16(22)13-10-11(2)20-21(13)3/h10H,4-9H2,1-3H3,(H,19,22). The van der Waals surface area contributed by atoms with Crippen molar-refractivity contribution in [2.24, 2.45) is 7.05 Å². The average Bonchev–Trinajstić information content (AvgIpc) is 3.11. The zero-order valence-corrected chi connectivity index (χ0v) is 15.7. The normalized spacial score (nSPS) is 13.4. The molecular weight excluding hydrogens is 338 g/mol. The van der Waals surface area contributed by atoms with Crippen LogP contribution in [0.2, 0.25) is 0 Å². The number of thiophene rings is 1. The van der Waals surface area contributed by atoms with Gasteiger partial charge in [-0.1, -0.05) is 6.92 Å². The van der Waals surface area contributed by atoms with Gasteiger partial charge in [-0.25, -0.2) is 4.79 Å². The first-order valence-corrected chi connectivity index (χ1v) is 9.46. The van der Waals surface area contributed by atoms with Gasteiger partial charge in [0.1, 0.15) is 10.7 Å². The minimum Gasteiger partial charge on any atom is -0.462 e. The summed E-state index contributed by atoms with van der Waals surface area (Å²) in [6, 6.07) is 1.73. The Kier molecular flexibility index (Phi) is 5.22. The van der Waals surface area contributed by atoms with Gasteiger partial charge in [-0.05, 0) is 50.7 Å². The maximum absolute atomic E-state index is 12.6. The first-order valence-electron chi connectivity index (χ1n) is 8.65. The molecule has 0 bridgehead atoms. The van der Waals surface area contributed by atoms with Gasteiger partial charge >= 0.3 is 5.97 Å². The second-order valence-electron chi connectivity index (χ2n) is 6.30. The van der Waals surface area contributed by atoms with Crippen LogP contribution in [0.15, 0.2) is 6.07 Å². The van der Waals surface area contributed by atoms with E-state index in [-0.39, 0.29) is 11.9 Å². The van der Waals surface area contributed by atoms with Crippen LogP contribution in [0.25, 0.3) is 0 Å². The van der Waals surface area contributed by atoms with Crippen LogP contribution in [0.5, 0.6) is 0 Å². The van der Waals surface area contributed by atoms with Crippen molar-refractivity contribution in [2.45, 2.75) is 46.0 Å². The summed E-state index contributed by atoms with van der Waals surface area (Å²) in [6.07, 6.45) is 4.77. The molecule has 3 rings (SSSR count). The molecule has 2 aromatic heterocycles. The fraction of sp³-hybridized carbons (Fsp3) is 0.500. The molecule has 2 heterocycles. The number of carbonyl (C=O) groups is 2. The lowest BCUT2D eigenvalue weighted by atomic mass is 9.95. The predicted molar refractivity (Wildman–Crippen MR) is 97.4 cm³/mol. The molecule has 0 aliphatic heterocycles. The highest BCUT2D eigenvalue weighted by molar-refractivity contribution is 7.17. The number of anilines is 1. The zero-order chi connectivity index (χ0) is 18.0. The molecule has 0 saturated heterocycles. The second kappa shape index (κ2) is 7.39. The van der Waals surface area contributed by atoms with Gasteiger partial charge in [0.15, 0.2) is 0 Å². The summed E-state index contributed by atoms with van der Waals surface area (Å²) in [4.78, 5) is 26.4. The quantitative estimate of drug-likeness (QED) is 0.828. The average molecular weight is 361 g/mol. The van der Waals surface area contributed by atoms with Crippen LogP contribution in [-0.2, 0) is 24.6 Å². The van der Waals surface area contributed by atoms with Gasteiger partial charge in [-0.2, -0.15) is 5.10 Å². The van der Waals surface area contributed by atoms with E-state index in [0.29, 0.717) is 22.9 Å². The van der Waals surface area contributed by atoms with E-state index in [0.717, 1.165) is 43.4 Å². The fourth-order valence-corrected chi connectivity index (χ4v) is 4.40. The van der Waals surface area contributed by atoms with Crippen LogP contribution in [0.3, 0.4) is 0 Å². The molecule has 0 spiro atoms. The molecule has 0 radical (unpaired) electrons. The second-order valence-corrected chi connectivity index (χ2v) is 7.40. The van der Waals surface area contributed by atoms with Crippen molar-refractivity contribution >= 4 is 28.2 Å². The number of fused-ring (bicyclic) bond motifs is 1. The maximum atomic E-state index is 12.6. The van der Waals surface area contributed by atoms with Gasteiger partial charge in [0.25, 0.3) is 5.91 Å². The molecule has 0 unspecified atom stereocenters. The van der Waals surface area contributed by atoms with Crippen molar-refractivity contribution in [3.63, 3.8) is 0 Å². The molecule has 1 aliphatic rings. The number of ether oxygens (including phenoxy) is 1. The Morgan fingerprint density at radius 2 is 2.12 bits per heavy atom. The summed E-state index contributed by atoms with van der Waals surface area (Å²) in [5.41, 5.74) is 2.84. The molecule has 7 heteroatoms. The Bertz CT molecular complexity index is 807. The van der Waals surface area contributed by atoms with Crippen LogP contribution >= 0.6 is 11.3 Å². The Morgan fingerprint density at radius 1 is 1.36 bits per heavy atom. The van der Waals surface area contributed by atoms with Gasteiger partial charge in [-0.15, -0.1) is 11.3 Å². The molecule has 6 nitrogen and oxygen atoms in total. The number of nitrogens with zero attached hydrogens (tertiary/aromatic N) is 2. The molecule has 0 atom stereocenters. The summed E-state index contributed by atoms with van der Waals surface area (Å²) in [6.45, 7) is 4.19. The molecule has 1 N–H and O–H groups in total. The largest absolute Gasteiger partial charge is 0.462 e. The maximum Gasteiger partial charge on any atom is 0.341 e. The highest BCUT2D eigenvalue weighted by atomic mass is 32.1. The Labute approximate surface area is 151 Å². The van der Waals surface area contributed by atoms with Crippen molar-refractivity contribution < 1.29 is 14.3 Å². The lowest BCUT2D eigenvalue weighted by Crippen LogP contribution is -2.18. The summed E-state index contributed by atoms with van der Waals surface area (Å²) in [5.74, 6) is -0.594. The monoisotopic (exact) mass is 361 g/mol. The molecule has 0 aromatic carbocycles. The summed E-state index contributed by atoms with van der Waals surface area (Å²) < 4.78 is 6.91. The summed E-state index contributed by atoms with van der Waals surface area (Å²) in [5, 5.41) is 7.71.